The quantitative estimate of drug-likeness (QED) is 0.504. The second-order valence-electron chi connectivity index (χ2n) is 4.66. The molecule has 5 heteroatoms. The van der Waals surface area contributed by atoms with Gasteiger partial charge in [-0.25, -0.2) is 0 Å². The normalized spacial score (nSPS) is 9.48. The lowest BCUT2D eigenvalue weighted by Gasteiger charge is -2.00. The number of ether oxygens (including phenoxy) is 1. The monoisotopic (exact) mass is 314 g/mol. The molecule has 0 spiro atoms. The van der Waals surface area contributed by atoms with Crippen LogP contribution in [-0.4, -0.2) is 30.4 Å². The summed E-state index contributed by atoms with van der Waals surface area (Å²) in [6.45, 7) is 2.96. The third-order valence-corrected chi connectivity index (χ3v) is 2.84. The maximum absolute atomic E-state index is 11.4. The maximum atomic E-state index is 11.4. The first-order valence-electron chi connectivity index (χ1n) is 7.44. The first-order chi connectivity index (χ1) is 11.2. The van der Waals surface area contributed by atoms with E-state index >= 15 is 0 Å². The zero-order valence-corrected chi connectivity index (χ0v) is 13.5. The van der Waals surface area contributed by atoms with Gasteiger partial charge >= 0.3 is 5.97 Å². The van der Waals surface area contributed by atoms with Crippen LogP contribution in [0, 0.1) is 0 Å². The minimum absolute atomic E-state index is 0.210. The Bertz CT molecular complexity index is 586. The van der Waals surface area contributed by atoms with E-state index in [0.717, 1.165) is 6.54 Å². The first-order valence-corrected chi connectivity index (χ1v) is 7.44. The summed E-state index contributed by atoms with van der Waals surface area (Å²) < 4.78 is 4.66. The molecule has 23 heavy (non-hydrogen) atoms. The SMILES string of the molecule is CCOC(=O)CC(=O)c1ccncc1.CNCc1ccccc1. The fourth-order valence-electron chi connectivity index (χ4n) is 1.78. The minimum Gasteiger partial charge on any atom is -0.466 e. The molecule has 1 aromatic heterocycles. The second kappa shape index (κ2) is 11.1. The van der Waals surface area contributed by atoms with Crippen LogP contribution < -0.4 is 5.32 Å². The van der Waals surface area contributed by atoms with E-state index in [1.807, 2.05) is 25.2 Å². The number of rotatable bonds is 6. The summed E-state index contributed by atoms with van der Waals surface area (Å²) >= 11 is 0. The number of Topliss-reactive ketones (excluding diaryl/α,β-unsaturated/α-hetero) is 1. The van der Waals surface area contributed by atoms with Gasteiger partial charge in [0, 0.05) is 24.5 Å². The highest BCUT2D eigenvalue weighted by Crippen LogP contribution is 2.02. The molecule has 0 saturated heterocycles. The number of carbonyl (C=O) groups excluding carboxylic acids is 2. The molecule has 0 radical (unpaired) electrons. The van der Waals surface area contributed by atoms with E-state index in [9.17, 15) is 9.59 Å². The van der Waals surface area contributed by atoms with Crippen molar-refractivity contribution in [1.29, 1.82) is 0 Å². The van der Waals surface area contributed by atoms with Gasteiger partial charge < -0.3 is 10.1 Å². The topological polar surface area (TPSA) is 68.3 Å². The van der Waals surface area contributed by atoms with E-state index in [0.29, 0.717) is 12.2 Å². The van der Waals surface area contributed by atoms with Crippen molar-refractivity contribution in [3.63, 3.8) is 0 Å². The third kappa shape index (κ3) is 7.87. The Balaban J connectivity index is 0.000000253. The smallest absolute Gasteiger partial charge is 0.313 e. The van der Waals surface area contributed by atoms with Crippen molar-refractivity contribution in [2.24, 2.45) is 0 Å². The van der Waals surface area contributed by atoms with Crippen LogP contribution in [0.25, 0.3) is 0 Å². The Hall–Kier alpha value is -2.53. The van der Waals surface area contributed by atoms with Gasteiger partial charge in [0.15, 0.2) is 5.78 Å². The maximum Gasteiger partial charge on any atom is 0.313 e. The number of carbonyl (C=O) groups is 2. The Morgan fingerprint density at radius 2 is 1.74 bits per heavy atom. The van der Waals surface area contributed by atoms with Gasteiger partial charge in [-0.2, -0.15) is 0 Å². The van der Waals surface area contributed by atoms with Gasteiger partial charge in [-0.05, 0) is 31.7 Å². The Labute approximate surface area is 136 Å². The summed E-state index contributed by atoms with van der Waals surface area (Å²) in [6, 6.07) is 13.5. The fourth-order valence-corrected chi connectivity index (χ4v) is 1.78. The number of aromatic nitrogens is 1. The van der Waals surface area contributed by atoms with E-state index in [4.69, 9.17) is 0 Å². The average molecular weight is 314 g/mol. The van der Waals surface area contributed by atoms with Crippen molar-refractivity contribution in [2.75, 3.05) is 13.7 Å². The van der Waals surface area contributed by atoms with E-state index in [2.05, 4.69) is 27.2 Å². The summed E-state index contributed by atoms with van der Waals surface area (Å²) in [5.41, 5.74) is 1.81. The molecule has 1 aromatic carbocycles. The van der Waals surface area contributed by atoms with Gasteiger partial charge in [-0.1, -0.05) is 30.3 Å². The van der Waals surface area contributed by atoms with Crippen LogP contribution in [0.5, 0.6) is 0 Å². The highest BCUT2D eigenvalue weighted by molar-refractivity contribution is 6.05. The summed E-state index contributed by atoms with van der Waals surface area (Å²) in [6.07, 6.45) is 2.81. The third-order valence-electron chi connectivity index (χ3n) is 2.84. The van der Waals surface area contributed by atoms with Crippen molar-refractivity contribution < 1.29 is 14.3 Å². The lowest BCUT2D eigenvalue weighted by atomic mass is 10.1. The molecule has 0 saturated carbocycles. The summed E-state index contributed by atoms with van der Waals surface area (Å²) in [7, 11) is 1.95. The van der Waals surface area contributed by atoms with Crippen molar-refractivity contribution in [1.82, 2.24) is 10.3 Å². The number of pyridine rings is 1. The predicted octanol–water partition coefficient (Wildman–Crippen LogP) is 2.62. The number of nitrogens with one attached hydrogen (secondary N) is 1. The molecule has 122 valence electrons. The summed E-state index contributed by atoms with van der Waals surface area (Å²) in [5, 5.41) is 3.08. The van der Waals surface area contributed by atoms with Gasteiger partial charge in [0.05, 0.1) is 6.61 Å². The van der Waals surface area contributed by atoms with Gasteiger partial charge in [-0.3, -0.25) is 14.6 Å². The first kappa shape index (κ1) is 18.5. The van der Waals surface area contributed by atoms with E-state index in [-0.39, 0.29) is 12.2 Å². The zero-order chi connectivity index (χ0) is 16.9. The van der Waals surface area contributed by atoms with Gasteiger partial charge in [0.1, 0.15) is 6.42 Å². The molecule has 5 nitrogen and oxygen atoms in total. The average Bonchev–Trinajstić information content (AvgIpc) is 2.58. The molecular weight excluding hydrogens is 292 g/mol. The molecule has 0 fully saturated rings. The van der Waals surface area contributed by atoms with E-state index < -0.39 is 5.97 Å². The Morgan fingerprint density at radius 1 is 1.09 bits per heavy atom. The zero-order valence-electron chi connectivity index (χ0n) is 13.5. The molecular formula is C18H22N2O3. The number of ketones is 1. The number of nitrogens with zero attached hydrogens (tertiary/aromatic N) is 1. The van der Waals surface area contributed by atoms with Crippen LogP contribution in [0.15, 0.2) is 54.9 Å². The number of hydrogen-bond donors (Lipinski definition) is 1. The molecule has 1 N–H and O–H groups in total. The standard InChI is InChI=1S/C10H11NO3.C8H11N/c1-2-14-10(13)7-9(12)8-3-5-11-6-4-8;1-9-7-8-5-3-2-4-6-8/h3-6H,2,7H2,1H3;2-6,9H,7H2,1H3. The van der Waals surface area contributed by atoms with Gasteiger partial charge in [0.25, 0.3) is 0 Å². The molecule has 2 aromatic rings. The number of benzene rings is 1. The van der Waals surface area contributed by atoms with Crippen LogP contribution in [0.1, 0.15) is 29.3 Å². The number of esters is 1. The van der Waals surface area contributed by atoms with Crippen molar-refractivity contribution in [3.8, 4) is 0 Å². The van der Waals surface area contributed by atoms with Crippen molar-refractivity contribution >= 4 is 11.8 Å². The van der Waals surface area contributed by atoms with Crippen LogP contribution in [0.4, 0.5) is 0 Å². The number of hydrogen-bond acceptors (Lipinski definition) is 5. The summed E-state index contributed by atoms with van der Waals surface area (Å²) in [4.78, 5) is 26.1. The second-order valence-corrected chi connectivity index (χ2v) is 4.66. The van der Waals surface area contributed by atoms with E-state index in [1.54, 1.807) is 19.1 Å². The molecule has 0 aliphatic rings. The minimum atomic E-state index is -0.491. The lowest BCUT2D eigenvalue weighted by Crippen LogP contribution is -2.11. The van der Waals surface area contributed by atoms with Crippen LogP contribution >= 0.6 is 0 Å². The van der Waals surface area contributed by atoms with Gasteiger partial charge in [-0.15, -0.1) is 0 Å². The molecule has 0 aliphatic carbocycles. The fraction of sp³-hybridized carbons (Fsp3) is 0.278. The highest BCUT2D eigenvalue weighted by atomic mass is 16.5. The molecule has 2 rings (SSSR count). The van der Waals surface area contributed by atoms with Crippen molar-refractivity contribution in [2.45, 2.75) is 19.9 Å². The lowest BCUT2D eigenvalue weighted by molar-refractivity contribution is -0.141. The van der Waals surface area contributed by atoms with E-state index in [1.165, 1.54) is 18.0 Å². The molecule has 0 amide bonds. The Morgan fingerprint density at radius 3 is 2.30 bits per heavy atom. The largest absolute Gasteiger partial charge is 0.466 e. The molecule has 0 unspecified atom stereocenters. The molecule has 0 aliphatic heterocycles. The van der Waals surface area contributed by atoms with Crippen LogP contribution in [0.2, 0.25) is 0 Å². The van der Waals surface area contributed by atoms with Crippen LogP contribution in [-0.2, 0) is 16.1 Å². The molecule has 0 bridgehead atoms. The highest BCUT2D eigenvalue weighted by Gasteiger charge is 2.11. The van der Waals surface area contributed by atoms with Gasteiger partial charge in [0.2, 0.25) is 0 Å². The van der Waals surface area contributed by atoms with Crippen LogP contribution in [0.3, 0.4) is 0 Å². The molecule has 1 heterocycles. The predicted molar refractivity (Wildman–Crippen MR) is 89.0 cm³/mol. The summed E-state index contributed by atoms with van der Waals surface area (Å²) in [5.74, 6) is -0.736. The molecule has 0 atom stereocenters. The van der Waals surface area contributed by atoms with Crippen molar-refractivity contribution in [3.05, 3.63) is 66.0 Å². The Kier molecular flexibility index (Phi) is 8.93.